The van der Waals surface area contributed by atoms with Crippen LogP contribution in [0.25, 0.3) is 10.2 Å². The lowest BCUT2D eigenvalue weighted by Gasteiger charge is -2.33. The lowest BCUT2D eigenvalue weighted by molar-refractivity contribution is -0.128. The average Bonchev–Trinajstić information content (AvgIpc) is 3.12. The van der Waals surface area contributed by atoms with Crippen LogP contribution in [0.15, 0.2) is 30.3 Å². The van der Waals surface area contributed by atoms with Gasteiger partial charge in [-0.25, -0.2) is 4.98 Å². The summed E-state index contributed by atoms with van der Waals surface area (Å²) in [6, 6.07) is 8.60. The number of aryl methyl sites for hydroxylation is 1. The summed E-state index contributed by atoms with van der Waals surface area (Å²) in [6.45, 7) is 4.98. The first-order valence-corrected chi connectivity index (χ1v) is 11.2. The molecular formula is C22H21ClN4O4S. The van der Waals surface area contributed by atoms with Crippen molar-refractivity contribution in [3.8, 4) is 5.75 Å². The first-order chi connectivity index (χ1) is 15.2. The van der Waals surface area contributed by atoms with Gasteiger partial charge in [-0.05, 0) is 49.2 Å². The maximum Gasteiger partial charge on any atom is 0.268 e. The molecule has 1 aliphatic heterocycles. The number of halogens is 1. The van der Waals surface area contributed by atoms with Crippen LogP contribution < -0.4 is 20.3 Å². The molecular weight excluding hydrogens is 452 g/mol. The second-order valence-electron chi connectivity index (χ2n) is 7.44. The topological polar surface area (TPSA) is 101 Å². The van der Waals surface area contributed by atoms with Crippen molar-refractivity contribution in [1.29, 1.82) is 0 Å². The van der Waals surface area contributed by atoms with Crippen molar-refractivity contribution in [2.24, 2.45) is 0 Å². The number of thiazole rings is 1. The Morgan fingerprint density at radius 2 is 2.03 bits per heavy atom. The van der Waals surface area contributed by atoms with E-state index in [1.165, 1.54) is 23.2 Å². The lowest BCUT2D eigenvalue weighted by atomic mass is 10.1. The molecule has 10 heteroatoms. The van der Waals surface area contributed by atoms with Gasteiger partial charge in [0, 0.05) is 17.6 Å². The number of fused-ring (bicyclic) bond motifs is 2. The highest BCUT2D eigenvalue weighted by Crippen LogP contribution is 2.37. The molecule has 166 valence electrons. The fourth-order valence-electron chi connectivity index (χ4n) is 3.54. The minimum atomic E-state index is -0.653. The smallest absolute Gasteiger partial charge is 0.268 e. The molecule has 0 aliphatic carbocycles. The molecule has 32 heavy (non-hydrogen) atoms. The van der Waals surface area contributed by atoms with Gasteiger partial charge in [0.05, 0.1) is 15.9 Å². The molecule has 4 rings (SSSR count). The maximum atomic E-state index is 12.9. The van der Waals surface area contributed by atoms with Gasteiger partial charge in [0.15, 0.2) is 11.2 Å². The van der Waals surface area contributed by atoms with Crippen LogP contribution in [0.2, 0.25) is 5.02 Å². The van der Waals surface area contributed by atoms with Crippen molar-refractivity contribution in [2.75, 3.05) is 22.1 Å². The number of amides is 3. The number of aromatic nitrogens is 1. The highest BCUT2D eigenvalue weighted by molar-refractivity contribution is 7.22. The molecule has 1 aromatic heterocycles. The summed E-state index contributed by atoms with van der Waals surface area (Å²) in [7, 11) is 0. The Kier molecular flexibility index (Phi) is 6.03. The van der Waals surface area contributed by atoms with Crippen molar-refractivity contribution in [3.63, 3.8) is 0 Å². The number of ether oxygens (including phenoxy) is 1. The first-order valence-electron chi connectivity index (χ1n) is 10.0. The van der Waals surface area contributed by atoms with E-state index in [4.69, 9.17) is 16.3 Å². The van der Waals surface area contributed by atoms with Crippen molar-refractivity contribution in [2.45, 2.75) is 33.3 Å². The second-order valence-corrected chi connectivity index (χ2v) is 8.91. The third kappa shape index (κ3) is 4.39. The molecule has 1 atom stereocenters. The minimum Gasteiger partial charge on any atom is -0.478 e. The molecule has 0 saturated heterocycles. The van der Waals surface area contributed by atoms with Crippen molar-refractivity contribution in [3.05, 3.63) is 40.9 Å². The van der Waals surface area contributed by atoms with Gasteiger partial charge >= 0.3 is 0 Å². The van der Waals surface area contributed by atoms with Crippen LogP contribution in [0.5, 0.6) is 5.75 Å². The molecule has 0 radical (unpaired) electrons. The summed E-state index contributed by atoms with van der Waals surface area (Å²) >= 11 is 7.43. The summed E-state index contributed by atoms with van der Waals surface area (Å²) < 4.78 is 6.58. The number of carbonyl (C=O) groups is 3. The van der Waals surface area contributed by atoms with Gasteiger partial charge in [-0.15, -0.1) is 0 Å². The average molecular weight is 473 g/mol. The van der Waals surface area contributed by atoms with E-state index in [-0.39, 0.29) is 24.3 Å². The molecule has 2 heterocycles. The van der Waals surface area contributed by atoms with E-state index in [1.54, 1.807) is 30.3 Å². The number of carbonyl (C=O) groups excluding carboxylic acids is 3. The van der Waals surface area contributed by atoms with E-state index in [2.05, 4.69) is 15.6 Å². The molecule has 8 nitrogen and oxygen atoms in total. The molecule has 2 N–H and O–H groups in total. The lowest BCUT2D eigenvalue weighted by Crippen LogP contribution is -2.48. The Morgan fingerprint density at radius 3 is 2.75 bits per heavy atom. The van der Waals surface area contributed by atoms with E-state index in [0.29, 0.717) is 33.7 Å². The Balaban J connectivity index is 1.57. The highest BCUT2D eigenvalue weighted by Gasteiger charge is 2.34. The molecule has 0 bridgehead atoms. The predicted molar refractivity (Wildman–Crippen MR) is 126 cm³/mol. The number of nitrogens with zero attached hydrogens (tertiary/aromatic N) is 2. The molecule has 0 unspecified atom stereocenters. The fraction of sp³-hybridized carbons (Fsp3) is 0.273. The third-order valence-electron chi connectivity index (χ3n) is 4.95. The van der Waals surface area contributed by atoms with Gasteiger partial charge in [0.2, 0.25) is 11.8 Å². The number of anilines is 3. The van der Waals surface area contributed by atoms with Gasteiger partial charge in [0.25, 0.3) is 5.91 Å². The summed E-state index contributed by atoms with van der Waals surface area (Å²) in [5.41, 5.74) is 2.67. The molecule has 0 spiro atoms. The SMILES string of the molecule is CC[C@H]1Oc2ccc(Cl)cc2N(CC(=O)Nc2cc(C)c3nc(NC(C)=O)sc3c2)C1=O. The summed E-state index contributed by atoms with van der Waals surface area (Å²) in [5.74, 6) is -0.324. The van der Waals surface area contributed by atoms with E-state index in [0.717, 1.165) is 15.8 Å². The quantitative estimate of drug-likeness (QED) is 0.574. The molecule has 0 fully saturated rings. The van der Waals surface area contributed by atoms with Gasteiger partial charge in [-0.3, -0.25) is 19.3 Å². The second kappa shape index (κ2) is 8.76. The maximum absolute atomic E-state index is 12.9. The first kappa shape index (κ1) is 22.0. The Bertz CT molecular complexity index is 1240. The Hall–Kier alpha value is -3.17. The summed E-state index contributed by atoms with van der Waals surface area (Å²) in [5, 5.41) is 6.48. The summed E-state index contributed by atoms with van der Waals surface area (Å²) in [4.78, 5) is 42.9. The highest BCUT2D eigenvalue weighted by atomic mass is 35.5. The Labute approximate surface area is 193 Å². The zero-order chi connectivity index (χ0) is 23.0. The number of nitrogens with one attached hydrogen (secondary N) is 2. The van der Waals surface area contributed by atoms with Gasteiger partial charge in [0.1, 0.15) is 12.3 Å². The van der Waals surface area contributed by atoms with E-state index in [9.17, 15) is 14.4 Å². The van der Waals surface area contributed by atoms with E-state index < -0.39 is 6.10 Å². The number of benzene rings is 2. The van der Waals surface area contributed by atoms with Crippen LogP contribution in [0.3, 0.4) is 0 Å². The fourth-order valence-corrected chi connectivity index (χ4v) is 4.73. The van der Waals surface area contributed by atoms with Crippen LogP contribution in [0.4, 0.5) is 16.5 Å². The zero-order valence-electron chi connectivity index (χ0n) is 17.7. The van der Waals surface area contributed by atoms with Crippen LogP contribution >= 0.6 is 22.9 Å². The number of hydrogen-bond acceptors (Lipinski definition) is 6. The molecule has 3 amide bonds. The largest absolute Gasteiger partial charge is 0.478 e. The minimum absolute atomic E-state index is 0.178. The standard InChI is InChI=1S/C22H21ClN4O4S/c1-4-16-21(30)27(15-8-13(23)5-6-17(15)31-16)10-19(29)25-14-7-11(2)20-18(9-14)32-22(26-20)24-12(3)28/h5-9,16H,4,10H2,1-3H3,(H,25,29)(H,24,26,28)/t16-/m1/s1. The van der Waals surface area contributed by atoms with Gasteiger partial charge in [-0.2, -0.15) is 0 Å². The molecule has 1 aliphatic rings. The normalized spacial score (nSPS) is 15.3. The van der Waals surface area contributed by atoms with Crippen molar-refractivity contribution >= 4 is 67.4 Å². The molecule has 2 aromatic carbocycles. The van der Waals surface area contributed by atoms with Crippen LogP contribution in [0, 0.1) is 6.92 Å². The van der Waals surface area contributed by atoms with Gasteiger partial charge in [-0.1, -0.05) is 29.9 Å². The summed E-state index contributed by atoms with van der Waals surface area (Å²) in [6.07, 6.45) is -0.170. The molecule has 0 saturated carbocycles. The van der Waals surface area contributed by atoms with Crippen molar-refractivity contribution < 1.29 is 19.1 Å². The van der Waals surface area contributed by atoms with Crippen LogP contribution in [-0.4, -0.2) is 35.4 Å². The monoisotopic (exact) mass is 472 g/mol. The third-order valence-corrected chi connectivity index (χ3v) is 6.10. The number of hydrogen-bond donors (Lipinski definition) is 2. The Morgan fingerprint density at radius 1 is 1.25 bits per heavy atom. The van der Waals surface area contributed by atoms with Crippen LogP contribution in [-0.2, 0) is 14.4 Å². The van der Waals surface area contributed by atoms with E-state index >= 15 is 0 Å². The van der Waals surface area contributed by atoms with Crippen molar-refractivity contribution in [1.82, 2.24) is 4.98 Å². The number of rotatable bonds is 5. The zero-order valence-corrected chi connectivity index (χ0v) is 19.3. The molecule has 3 aromatic rings. The van der Waals surface area contributed by atoms with Gasteiger partial charge < -0.3 is 15.4 Å². The predicted octanol–water partition coefficient (Wildman–Crippen LogP) is 4.36. The van der Waals surface area contributed by atoms with E-state index in [1.807, 2.05) is 13.8 Å². The van der Waals surface area contributed by atoms with Crippen LogP contribution in [0.1, 0.15) is 25.8 Å².